The summed E-state index contributed by atoms with van der Waals surface area (Å²) in [7, 11) is 0. The second kappa shape index (κ2) is 6.54. The predicted octanol–water partition coefficient (Wildman–Crippen LogP) is 5.04. The lowest BCUT2D eigenvalue weighted by atomic mass is 10.0. The van der Waals surface area contributed by atoms with Crippen molar-refractivity contribution in [2.24, 2.45) is 5.92 Å². The molecule has 3 aromatic rings. The van der Waals surface area contributed by atoms with Gasteiger partial charge in [-0.25, -0.2) is 0 Å². The van der Waals surface area contributed by atoms with Gasteiger partial charge in [0.05, 0.1) is 11.9 Å². The van der Waals surface area contributed by atoms with Crippen LogP contribution in [0.2, 0.25) is 5.02 Å². The van der Waals surface area contributed by atoms with Crippen LogP contribution in [0.4, 0.5) is 0 Å². The van der Waals surface area contributed by atoms with Crippen LogP contribution in [0.15, 0.2) is 42.5 Å². The van der Waals surface area contributed by atoms with Crippen LogP contribution in [0.25, 0.3) is 10.9 Å². The lowest BCUT2D eigenvalue weighted by molar-refractivity contribution is -0.136. The van der Waals surface area contributed by atoms with Crippen LogP contribution >= 0.6 is 11.6 Å². The Morgan fingerprint density at radius 2 is 1.85 bits per heavy atom. The predicted molar refractivity (Wildman–Crippen MR) is 106 cm³/mol. The average molecular weight is 382 g/mol. The zero-order chi connectivity index (χ0) is 19.3. The minimum Gasteiger partial charge on any atom is -0.481 e. The molecule has 1 aromatic heterocycles. The molecule has 2 unspecified atom stereocenters. The third kappa shape index (κ3) is 3.15. The Bertz CT molecular complexity index is 1070. The lowest BCUT2D eigenvalue weighted by Gasteiger charge is -2.08. The van der Waals surface area contributed by atoms with Crippen molar-refractivity contribution in [1.29, 1.82) is 0 Å². The van der Waals surface area contributed by atoms with Crippen molar-refractivity contribution in [3.63, 3.8) is 0 Å². The summed E-state index contributed by atoms with van der Waals surface area (Å²) in [6.45, 7) is 4.03. The number of aliphatic carboxylic acids is 1. The number of fused-ring (bicyclic) bond motifs is 1. The fraction of sp³-hybridized carbons (Fsp3) is 0.273. The number of rotatable bonds is 4. The lowest BCUT2D eigenvalue weighted by Crippen LogP contribution is -2.14. The molecule has 0 amide bonds. The molecule has 1 aliphatic carbocycles. The zero-order valence-electron chi connectivity index (χ0n) is 15.2. The van der Waals surface area contributed by atoms with E-state index >= 15 is 0 Å². The molecule has 0 radical (unpaired) electrons. The average Bonchev–Trinajstić information content (AvgIpc) is 3.30. The fourth-order valence-corrected chi connectivity index (χ4v) is 4.00. The van der Waals surface area contributed by atoms with Gasteiger partial charge in [-0.05, 0) is 72.7 Å². The first-order valence-electron chi connectivity index (χ1n) is 9.02. The molecule has 4 nitrogen and oxygen atoms in total. The Morgan fingerprint density at radius 3 is 2.44 bits per heavy atom. The molecule has 5 heteroatoms. The van der Waals surface area contributed by atoms with Crippen LogP contribution in [0, 0.1) is 12.8 Å². The molecule has 0 spiro atoms. The normalized spacial score (nSPS) is 18.6. The van der Waals surface area contributed by atoms with E-state index in [1.807, 2.05) is 13.0 Å². The molecule has 0 aliphatic heterocycles. The number of carboxylic acids is 1. The minimum atomic E-state index is -0.902. The molecule has 138 valence electrons. The number of carbonyl (C=O) groups excluding carboxylic acids is 1. The van der Waals surface area contributed by atoms with Gasteiger partial charge in [-0.3, -0.25) is 14.2 Å². The van der Waals surface area contributed by atoms with Gasteiger partial charge in [-0.2, -0.15) is 0 Å². The van der Waals surface area contributed by atoms with E-state index in [1.165, 1.54) is 5.56 Å². The first kappa shape index (κ1) is 17.8. The van der Waals surface area contributed by atoms with E-state index in [0.717, 1.165) is 17.3 Å². The molecule has 4 rings (SSSR count). The van der Waals surface area contributed by atoms with Crippen molar-refractivity contribution in [1.82, 2.24) is 4.57 Å². The summed E-state index contributed by atoms with van der Waals surface area (Å²) < 4.78 is 1.62. The van der Waals surface area contributed by atoms with Crippen molar-refractivity contribution in [3.8, 4) is 0 Å². The molecule has 27 heavy (non-hydrogen) atoms. The maximum atomic E-state index is 13.1. The van der Waals surface area contributed by atoms with Crippen LogP contribution in [-0.4, -0.2) is 21.6 Å². The third-order valence-electron chi connectivity index (χ3n) is 5.52. The number of halogens is 1. The van der Waals surface area contributed by atoms with Crippen LogP contribution in [-0.2, 0) is 11.2 Å². The number of benzene rings is 2. The van der Waals surface area contributed by atoms with Crippen LogP contribution in [0.3, 0.4) is 0 Å². The van der Waals surface area contributed by atoms with Crippen LogP contribution in [0.5, 0.6) is 0 Å². The van der Waals surface area contributed by atoms with Crippen molar-refractivity contribution in [2.75, 3.05) is 0 Å². The minimum absolute atomic E-state index is 0.104. The molecule has 2 aromatic carbocycles. The molecule has 1 N–H and O–H groups in total. The van der Waals surface area contributed by atoms with Gasteiger partial charge in [-0.1, -0.05) is 24.6 Å². The third-order valence-corrected chi connectivity index (χ3v) is 5.77. The number of hydrogen-bond acceptors (Lipinski definition) is 2. The van der Waals surface area contributed by atoms with Gasteiger partial charge >= 0.3 is 5.97 Å². The monoisotopic (exact) mass is 381 g/mol. The number of nitrogens with zero attached hydrogens (tertiary/aromatic N) is 1. The summed E-state index contributed by atoms with van der Waals surface area (Å²) in [5.74, 6) is 0.103. The van der Waals surface area contributed by atoms with Crippen LogP contribution in [0.1, 0.15) is 46.4 Å². The molecule has 1 fully saturated rings. The Kier molecular flexibility index (Phi) is 4.31. The summed E-state index contributed by atoms with van der Waals surface area (Å²) in [4.78, 5) is 24.6. The Hall–Kier alpha value is -2.59. The standard InChI is InChI=1S/C22H20ClNO3/c1-12-9-17(12)15-5-8-20-19(10-15)18(11-21(25)26)13(2)24(20)22(27)14-3-6-16(23)7-4-14/h3-8,10,12,17H,9,11H2,1-2H3,(H,25,26). The van der Waals surface area contributed by atoms with Gasteiger partial charge in [0.15, 0.2) is 0 Å². The molecule has 1 saturated carbocycles. The fourth-order valence-electron chi connectivity index (χ4n) is 3.88. The molecule has 0 bridgehead atoms. The van der Waals surface area contributed by atoms with Crippen molar-refractivity contribution in [3.05, 3.63) is 69.9 Å². The first-order chi connectivity index (χ1) is 12.9. The van der Waals surface area contributed by atoms with E-state index in [9.17, 15) is 14.7 Å². The van der Waals surface area contributed by atoms with Gasteiger partial charge in [-0.15, -0.1) is 0 Å². The van der Waals surface area contributed by atoms with E-state index in [4.69, 9.17) is 11.6 Å². The van der Waals surface area contributed by atoms with Gasteiger partial charge < -0.3 is 5.11 Å². The van der Waals surface area contributed by atoms with E-state index < -0.39 is 5.97 Å². The maximum absolute atomic E-state index is 13.1. The molecule has 2 atom stereocenters. The molecular weight excluding hydrogens is 362 g/mol. The summed E-state index contributed by atoms with van der Waals surface area (Å²) in [5.41, 5.74) is 3.86. The highest BCUT2D eigenvalue weighted by Crippen LogP contribution is 2.47. The Morgan fingerprint density at radius 1 is 1.19 bits per heavy atom. The number of carboxylic acid groups (broad SMARTS) is 1. The first-order valence-corrected chi connectivity index (χ1v) is 9.40. The van der Waals surface area contributed by atoms with Crippen molar-refractivity contribution < 1.29 is 14.7 Å². The van der Waals surface area contributed by atoms with E-state index in [2.05, 4.69) is 19.1 Å². The summed E-state index contributed by atoms with van der Waals surface area (Å²) in [6.07, 6.45) is 1.05. The Balaban J connectivity index is 1.89. The van der Waals surface area contributed by atoms with Crippen molar-refractivity contribution in [2.45, 2.75) is 32.6 Å². The smallest absolute Gasteiger partial charge is 0.307 e. The molecule has 1 heterocycles. The highest BCUT2D eigenvalue weighted by molar-refractivity contribution is 6.30. The largest absolute Gasteiger partial charge is 0.481 e. The highest BCUT2D eigenvalue weighted by Gasteiger charge is 2.34. The van der Waals surface area contributed by atoms with Gasteiger partial charge in [0, 0.05) is 21.7 Å². The number of carbonyl (C=O) groups is 2. The van der Waals surface area contributed by atoms with Gasteiger partial charge in [0.1, 0.15) is 0 Å². The number of aromatic nitrogens is 1. The van der Waals surface area contributed by atoms with Crippen molar-refractivity contribution >= 4 is 34.4 Å². The van der Waals surface area contributed by atoms with Crippen LogP contribution < -0.4 is 0 Å². The molecule has 0 saturated heterocycles. The highest BCUT2D eigenvalue weighted by atomic mass is 35.5. The Labute approximate surface area is 162 Å². The second-order valence-electron chi connectivity index (χ2n) is 7.38. The summed E-state index contributed by atoms with van der Waals surface area (Å²) in [5, 5.41) is 10.8. The maximum Gasteiger partial charge on any atom is 0.307 e. The van der Waals surface area contributed by atoms with E-state index in [0.29, 0.717) is 33.7 Å². The quantitative estimate of drug-likeness (QED) is 0.688. The zero-order valence-corrected chi connectivity index (χ0v) is 16.0. The second-order valence-corrected chi connectivity index (χ2v) is 7.81. The number of hydrogen-bond donors (Lipinski definition) is 1. The van der Waals surface area contributed by atoms with E-state index in [1.54, 1.807) is 28.8 Å². The van der Waals surface area contributed by atoms with Gasteiger partial charge in [0.25, 0.3) is 5.91 Å². The summed E-state index contributed by atoms with van der Waals surface area (Å²) >= 11 is 5.93. The molecule has 1 aliphatic rings. The van der Waals surface area contributed by atoms with Gasteiger partial charge in [0.2, 0.25) is 0 Å². The van der Waals surface area contributed by atoms with E-state index in [-0.39, 0.29) is 12.3 Å². The topological polar surface area (TPSA) is 59.3 Å². The molecular formula is C22H20ClNO3. The summed E-state index contributed by atoms with van der Waals surface area (Å²) in [6, 6.07) is 12.8. The SMILES string of the molecule is Cc1c(CC(=O)O)c2cc(C3CC3C)ccc2n1C(=O)c1ccc(Cl)cc1.